The Kier molecular flexibility index (Phi) is 3.56. The number of hydrogen-bond donors (Lipinski definition) is 1. The molecule has 1 fully saturated rings. The molecule has 16 heavy (non-hydrogen) atoms. The summed E-state index contributed by atoms with van der Waals surface area (Å²) < 4.78 is 0. The van der Waals surface area contributed by atoms with Crippen LogP contribution >= 0.6 is 0 Å². The van der Waals surface area contributed by atoms with Crippen LogP contribution < -0.4 is 0 Å². The van der Waals surface area contributed by atoms with Gasteiger partial charge in [0.25, 0.3) is 0 Å². The van der Waals surface area contributed by atoms with E-state index in [4.69, 9.17) is 0 Å². The lowest BCUT2D eigenvalue weighted by atomic mass is 10.1. The van der Waals surface area contributed by atoms with E-state index in [-0.39, 0.29) is 0 Å². The summed E-state index contributed by atoms with van der Waals surface area (Å²) in [5, 5.41) is 9.66. The number of hydrogen-bond acceptors (Lipinski definition) is 3. The van der Waals surface area contributed by atoms with Crippen molar-refractivity contribution in [1.82, 2.24) is 9.88 Å². The smallest absolute Gasteiger partial charge is 0.0957 e. The summed E-state index contributed by atoms with van der Waals surface area (Å²) in [6.07, 6.45) is 4.69. The molecule has 1 aromatic heterocycles. The van der Waals surface area contributed by atoms with Gasteiger partial charge >= 0.3 is 0 Å². The monoisotopic (exact) mass is 220 g/mol. The zero-order chi connectivity index (χ0) is 11.5. The van der Waals surface area contributed by atoms with Crippen molar-refractivity contribution < 1.29 is 5.11 Å². The number of aliphatic hydroxyl groups excluding tert-OH is 1. The second-order valence-corrected chi connectivity index (χ2v) is 4.58. The van der Waals surface area contributed by atoms with Crippen LogP contribution in [0.25, 0.3) is 0 Å². The lowest BCUT2D eigenvalue weighted by Gasteiger charge is -2.19. The SMILES string of the molecule is CCC(O)c1ccc([C@@H]2CCCN2C)cn1. The third kappa shape index (κ3) is 2.25. The quantitative estimate of drug-likeness (QED) is 0.849. The molecular formula is C13H20N2O. The Hall–Kier alpha value is -0.930. The Morgan fingerprint density at radius 2 is 2.38 bits per heavy atom. The van der Waals surface area contributed by atoms with Gasteiger partial charge in [0.05, 0.1) is 11.8 Å². The molecule has 2 rings (SSSR count). The molecule has 0 amide bonds. The van der Waals surface area contributed by atoms with Crippen LogP contribution in [0.1, 0.15) is 49.6 Å². The Bertz CT molecular complexity index is 336. The first-order valence-electron chi connectivity index (χ1n) is 6.06. The van der Waals surface area contributed by atoms with Gasteiger partial charge in [-0.3, -0.25) is 9.88 Å². The van der Waals surface area contributed by atoms with E-state index in [1.807, 2.05) is 19.2 Å². The number of nitrogens with zero attached hydrogens (tertiary/aromatic N) is 2. The molecule has 2 atom stereocenters. The normalized spacial score (nSPS) is 23.6. The highest BCUT2D eigenvalue weighted by molar-refractivity contribution is 5.19. The summed E-state index contributed by atoms with van der Waals surface area (Å²) in [5.41, 5.74) is 2.05. The molecule has 0 bridgehead atoms. The van der Waals surface area contributed by atoms with E-state index in [0.29, 0.717) is 6.04 Å². The maximum absolute atomic E-state index is 9.66. The first-order chi connectivity index (χ1) is 7.72. The van der Waals surface area contributed by atoms with Gasteiger partial charge in [0, 0.05) is 12.2 Å². The van der Waals surface area contributed by atoms with Crippen LogP contribution in [-0.4, -0.2) is 28.6 Å². The largest absolute Gasteiger partial charge is 0.387 e. The van der Waals surface area contributed by atoms with Crippen LogP contribution in [0, 0.1) is 0 Å². The summed E-state index contributed by atoms with van der Waals surface area (Å²) in [4.78, 5) is 6.72. The highest BCUT2D eigenvalue weighted by Gasteiger charge is 2.22. The van der Waals surface area contributed by atoms with Gasteiger partial charge in [0.15, 0.2) is 0 Å². The maximum atomic E-state index is 9.66. The van der Waals surface area contributed by atoms with E-state index in [9.17, 15) is 5.11 Å². The summed E-state index contributed by atoms with van der Waals surface area (Å²) in [5.74, 6) is 0. The molecule has 1 unspecified atom stereocenters. The van der Waals surface area contributed by atoms with Crippen molar-refractivity contribution in [1.29, 1.82) is 0 Å². The first kappa shape index (κ1) is 11.6. The molecule has 0 saturated carbocycles. The highest BCUT2D eigenvalue weighted by atomic mass is 16.3. The molecular weight excluding hydrogens is 200 g/mol. The van der Waals surface area contributed by atoms with Crippen molar-refractivity contribution in [2.75, 3.05) is 13.6 Å². The molecule has 88 valence electrons. The molecule has 2 heterocycles. The molecule has 3 heteroatoms. The fourth-order valence-electron chi connectivity index (χ4n) is 2.35. The standard InChI is InChI=1S/C13H20N2O/c1-3-13(16)11-7-6-10(9-14-11)12-5-4-8-15(12)2/h6-7,9,12-13,16H,3-5,8H2,1-2H3/t12-,13?/m0/s1. The van der Waals surface area contributed by atoms with Crippen molar-refractivity contribution in [2.45, 2.75) is 38.3 Å². The average Bonchev–Trinajstić information content (AvgIpc) is 2.75. The van der Waals surface area contributed by atoms with Crippen molar-refractivity contribution >= 4 is 0 Å². The van der Waals surface area contributed by atoms with Gasteiger partial charge in [-0.1, -0.05) is 13.0 Å². The number of rotatable bonds is 3. The second kappa shape index (κ2) is 4.93. The van der Waals surface area contributed by atoms with Gasteiger partial charge < -0.3 is 5.11 Å². The van der Waals surface area contributed by atoms with E-state index < -0.39 is 6.10 Å². The fraction of sp³-hybridized carbons (Fsp3) is 0.615. The van der Waals surface area contributed by atoms with Gasteiger partial charge in [-0.2, -0.15) is 0 Å². The Labute approximate surface area is 97.1 Å². The molecule has 1 saturated heterocycles. The van der Waals surface area contributed by atoms with Gasteiger partial charge in [-0.15, -0.1) is 0 Å². The van der Waals surface area contributed by atoms with Crippen LogP contribution in [0.15, 0.2) is 18.3 Å². The Balaban J connectivity index is 2.12. The first-order valence-corrected chi connectivity index (χ1v) is 6.06. The third-order valence-electron chi connectivity index (χ3n) is 3.44. The van der Waals surface area contributed by atoms with Crippen LogP contribution in [0.2, 0.25) is 0 Å². The topological polar surface area (TPSA) is 36.4 Å². The van der Waals surface area contributed by atoms with Crippen LogP contribution in [0.4, 0.5) is 0 Å². The average molecular weight is 220 g/mol. The third-order valence-corrected chi connectivity index (χ3v) is 3.44. The number of aliphatic hydroxyl groups is 1. The number of pyridine rings is 1. The Morgan fingerprint density at radius 1 is 1.56 bits per heavy atom. The van der Waals surface area contributed by atoms with E-state index in [0.717, 1.165) is 12.1 Å². The minimum absolute atomic E-state index is 0.421. The van der Waals surface area contributed by atoms with E-state index in [1.54, 1.807) is 0 Å². The molecule has 0 aromatic carbocycles. The molecule has 3 nitrogen and oxygen atoms in total. The van der Waals surface area contributed by atoms with Crippen molar-refractivity contribution in [3.63, 3.8) is 0 Å². The van der Waals surface area contributed by atoms with E-state index >= 15 is 0 Å². The molecule has 0 aliphatic carbocycles. The van der Waals surface area contributed by atoms with Crippen LogP contribution in [0.3, 0.4) is 0 Å². The summed E-state index contributed by atoms with van der Waals surface area (Å²) in [6.45, 7) is 3.13. The molecule has 1 aliphatic heterocycles. The van der Waals surface area contributed by atoms with E-state index in [2.05, 4.69) is 23.0 Å². The molecule has 0 spiro atoms. The van der Waals surface area contributed by atoms with E-state index in [1.165, 1.54) is 24.9 Å². The predicted molar refractivity (Wildman–Crippen MR) is 64.1 cm³/mol. The molecule has 0 radical (unpaired) electrons. The molecule has 1 N–H and O–H groups in total. The van der Waals surface area contributed by atoms with Crippen molar-refractivity contribution in [3.8, 4) is 0 Å². The van der Waals surface area contributed by atoms with Crippen molar-refractivity contribution in [3.05, 3.63) is 29.6 Å². The van der Waals surface area contributed by atoms with Gasteiger partial charge in [0.1, 0.15) is 0 Å². The zero-order valence-corrected chi connectivity index (χ0v) is 10.1. The van der Waals surface area contributed by atoms with Gasteiger partial charge in [0.2, 0.25) is 0 Å². The highest BCUT2D eigenvalue weighted by Crippen LogP contribution is 2.30. The number of aromatic nitrogens is 1. The number of likely N-dealkylation sites (tertiary alicyclic amines) is 1. The predicted octanol–water partition coefficient (Wildman–Crippen LogP) is 2.29. The molecule has 1 aromatic rings. The summed E-state index contributed by atoms with van der Waals surface area (Å²) in [7, 11) is 2.16. The Morgan fingerprint density at radius 3 is 2.88 bits per heavy atom. The lowest BCUT2D eigenvalue weighted by molar-refractivity contribution is 0.168. The van der Waals surface area contributed by atoms with Gasteiger partial charge in [-0.25, -0.2) is 0 Å². The van der Waals surface area contributed by atoms with Crippen LogP contribution in [-0.2, 0) is 0 Å². The zero-order valence-electron chi connectivity index (χ0n) is 10.1. The second-order valence-electron chi connectivity index (χ2n) is 4.58. The van der Waals surface area contributed by atoms with Crippen molar-refractivity contribution in [2.24, 2.45) is 0 Å². The molecule has 1 aliphatic rings. The summed E-state index contributed by atoms with van der Waals surface area (Å²) in [6, 6.07) is 4.57. The minimum atomic E-state index is -0.421. The fourth-order valence-corrected chi connectivity index (χ4v) is 2.35. The minimum Gasteiger partial charge on any atom is -0.387 e. The van der Waals surface area contributed by atoms with Crippen LogP contribution in [0.5, 0.6) is 0 Å². The summed E-state index contributed by atoms with van der Waals surface area (Å²) >= 11 is 0. The lowest BCUT2D eigenvalue weighted by Crippen LogP contribution is -2.17. The van der Waals surface area contributed by atoms with Gasteiger partial charge in [-0.05, 0) is 44.5 Å². The maximum Gasteiger partial charge on any atom is 0.0957 e.